The van der Waals surface area contributed by atoms with Crippen LogP contribution in [0.25, 0.3) is 5.70 Å². The summed E-state index contributed by atoms with van der Waals surface area (Å²) in [5, 5.41) is 34.3. The molecule has 6 atom stereocenters. The molecule has 16 heteroatoms. The van der Waals surface area contributed by atoms with Crippen molar-refractivity contribution in [2.24, 2.45) is 5.11 Å². The fourth-order valence-electron chi connectivity index (χ4n) is 3.72. The van der Waals surface area contributed by atoms with Gasteiger partial charge in [-0.15, -0.1) is 0 Å². The molecule has 4 N–H and O–H groups in total. The highest BCUT2D eigenvalue weighted by atomic mass is 35.5. The number of rotatable bonds is 7. The van der Waals surface area contributed by atoms with Crippen molar-refractivity contribution in [1.29, 1.82) is 5.53 Å². The van der Waals surface area contributed by atoms with Crippen molar-refractivity contribution in [1.82, 2.24) is 4.90 Å². The third-order valence-electron chi connectivity index (χ3n) is 5.57. The third-order valence-corrected chi connectivity index (χ3v) is 7.83. The molecule has 0 amide bonds. The molecule has 202 valence electrons. The van der Waals surface area contributed by atoms with E-state index in [0.717, 1.165) is 11.9 Å². The van der Waals surface area contributed by atoms with Crippen molar-refractivity contribution in [3.05, 3.63) is 69.1 Å². The highest BCUT2D eigenvalue weighted by Crippen LogP contribution is 2.33. The molecule has 2 aromatic carbocycles. The van der Waals surface area contributed by atoms with Gasteiger partial charge in [-0.05, 0) is 18.2 Å². The molecule has 3 rings (SSSR count). The molecule has 1 saturated heterocycles. The first-order valence-corrected chi connectivity index (χ1v) is 12.1. The summed E-state index contributed by atoms with van der Waals surface area (Å²) < 4.78 is 88.0. The lowest BCUT2D eigenvalue weighted by Gasteiger charge is -2.45. The van der Waals surface area contributed by atoms with Crippen LogP contribution < -0.4 is 0 Å². The third kappa shape index (κ3) is 5.50. The van der Waals surface area contributed by atoms with E-state index in [1.807, 2.05) is 0 Å². The van der Waals surface area contributed by atoms with Gasteiger partial charge in [-0.1, -0.05) is 23.2 Å². The summed E-state index contributed by atoms with van der Waals surface area (Å²) in [6.45, 7) is -0.815. The molecular weight excluding hydrogens is 572 g/mol. The fourth-order valence-corrected chi connectivity index (χ4v) is 5.45. The average Bonchev–Trinajstić information content (AvgIpc) is 2.87. The molecule has 1 aliphatic rings. The number of ether oxygens (including phenoxy) is 1. The zero-order chi connectivity index (χ0) is 27.8. The summed E-state index contributed by atoms with van der Waals surface area (Å²) in [5.41, 5.74) is 3.05. The number of nitrogens with zero attached hydrogens (tertiary/aromatic N) is 2. The summed E-state index contributed by atoms with van der Waals surface area (Å²) in [7, 11) is -1.05. The van der Waals surface area contributed by atoms with E-state index in [-0.39, 0.29) is 14.9 Å². The van der Waals surface area contributed by atoms with E-state index in [0.29, 0.717) is 6.20 Å². The maximum Gasteiger partial charge on any atom is 0.200 e. The standard InChI is InChI=1S/C21H18Cl2F5N3O5S/c1-31(5-10(30-29)12-13(24)15(26)17(28)16(27)14(12)25)18-19(33)11(6-32)36-21(20(18)34)37(35)7-2-3-8(22)9(23)4-7/h2-5,11,18-21,29,32-34H,6H2,1H3/b10-5-,30-29?/t11?,18?,19-,20?,21+,37?/m0/s1. The largest absolute Gasteiger partial charge is 0.394 e. The molecule has 1 fully saturated rings. The molecule has 0 aliphatic carbocycles. The number of hydrogen-bond donors (Lipinski definition) is 4. The first-order valence-electron chi connectivity index (χ1n) is 10.2. The SMILES string of the molecule is CN(/C=C(\N=N)c1c(F)c(F)c(F)c(F)c1F)C1C(O)[C@@H](S(=O)c2ccc(Cl)c(Cl)c2)OC(CO)[C@@H]1O. The Labute approximate surface area is 218 Å². The van der Waals surface area contributed by atoms with Crippen molar-refractivity contribution in [2.45, 2.75) is 34.7 Å². The minimum Gasteiger partial charge on any atom is -0.394 e. The summed E-state index contributed by atoms with van der Waals surface area (Å²) in [6, 6.07) is 2.38. The van der Waals surface area contributed by atoms with Crippen molar-refractivity contribution in [3.8, 4) is 0 Å². The van der Waals surface area contributed by atoms with Gasteiger partial charge in [0.1, 0.15) is 24.0 Å². The van der Waals surface area contributed by atoms with Crippen LogP contribution in [-0.2, 0) is 15.5 Å². The van der Waals surface area contributed by atoms with Crippen LogP contribution in [0.3, 0.4) is 0 Å². The minimum atomic E-state index is -2.41. The molecule has 0 aromatic heterocycles. The zero-order valence-corrected chi connectivity index (χ0v) is 20.8. The topological polar surface area (TPSA) is 126 Å². The maximum atomic E-state index is 14.3. The number of nitrogens with one attached hydrogen (secondary N) is 1. The predicted molar refractivity (Wildman–Crippen MR) is 122 cm³/mol. The Kier molecular flexibility index (Phi) is 9.27. The predicted octanol–water partition coefficient (Wildman–Crippen LogP) is 3.57. The quantitative estimate of drug-likeness (QED) is 0.169. The lowest BCUT2D eigenvalue weighted by Crippen LogP contribution is -2.63. The first-order chi connectivity index (χ1) is 17.3. The lowest BCUT2D eigenvalue weighted by atomic mass is 9.96. The van der Waals surface area contributed by atoms with Gasteiger partial charge in [0.15, 0.2) is 28.7 Å². The Morgan fingerprint density at radius 1 is 1.08 bits per heavy atom. The van der Waals surface area contributed by atoms with E-state index in [4.69, 9.17) is 33.5 Å². The molecule has 37 heavy (non-hydrogen) atoms. The molecule has 0 bridgehead atoms. The van der Waals surface area contributed by atoms with Gasteiger partial charge in [0.2, 0.25) is 5.82 Å². The summed E-state index contributed by atoms with van der Waals surface area (Å²) in [4.78, 5) is 0.928. The van der Waals surface area contributed by atoms with Crippen molar-refractivity contribution in [3.63, 3.8) is 0 Å². The Balaban J connectivity index is 2.04. The van der Waals surface area contributed by atoms with E-state index in [2.05, 4.69) is 5.11 Å². The van der Waals surface area contributed by atoms with Crippen LogP contribution >= 0.6 is 23.2 Å². The van der Waals surface area contributed by atoms with Crippen molar-refractivity contribution >= 4 is 39.7 Å². The summed E-state index contributed by atoms with van der Waals surface area (Å²) >= 11 is 11.8. The summed E-state index contributed by atoms with van der Waals surface area (Å²) in [6.07, 6.45) is -4.32. The van der Waals surface area contributed by atoms with Gasteiger partial charge >= 0.3 is 0 Å². The van der Waals surface area contributed by atoms with Gasteiger partial charge in [-0.3, -0.25) is 4.21 Å². The van der Waals surface area contributed by atoms with Gasteiger partial charge < -0.3 is 25.0 Å². The van der Waals surface area contributed by atoms with Crippen LogP contribution in [0.15, 0.2) is 34.4 Å². The number of hydrogen-bond acceptors (Lipinski definition) is 8. The smallest absolute Gasteiger partial charge is 0.200 e. The van der Waals surface area contributed by atoms with Crippen molar-refractivity contribution < 1.29 is 46.2 Å². The number of aliphatic hydroxyl groups is 3. The second-order valence-electron chi connectivity index (χ2n) is 7.81. The molecular formula is C21H18Cl2F5N3O5S. The second-order valence-corrected chi connectivity index (χ2v) is 10.2. The Hall–Kier alpha value is -2.20. The van der Waals surface area contributed by atoms with Crippen LogP contribution in [0.5, 0.6) is 0 Å². The first kappa shape index (κ1) is 29.4. The molecule has 8 nitrogen and oxygen atoms in total. The Bertz CT molecular complexity index is 1240. The van der Waals surface area contributed by atoms with Crippen LogP contribution in [-0.4, -0.2) is 67.9 Å². The van der Waals surface area contributed by atoms with E-state index in [1.54, 1.807) is 0 Å². The number of halogens is 7. The maximum absolute atomic E-state index is 14.3. The van der Waals surface area contributed by atoms with Gasteiger partial charge in [0, 0.05) is 18.1 Å². The molecule has 4 unspecified atom stereocenters. The Morgan fingerprint density at radius 2 is 1.65 bits per heavy atom. The minimum absolute atomic E-state index is 0.0395. The van der Waals surface area contributed by atoms with E-state index < -0.39 is 87.5 Å². The highest BCUT2D eigenvalue weighted by molar-refractivity contribution is 7.85. The molecule has 2 aromatic rings. The number of likely N-dealkylation sites (N-methyl/N-ethyl adjacent to an activating group) is 1. The molecule has 0 saturated carbocycles. The number of benzene rings is 2. The molecule has 1 aliphatic heterocycles. The normalized spacial score (nSPS) is 25.2. The zero-order valence-electron chi connectivity index (χ0n) is 18.5. The second kappa shape index (κ2) is 11.7. The highest BCUT2D eigenvalue weighted by Gasteiger charge is 2.48. The van der Waals surface area contributed by atoms with E-state index >= 15 is 0 Å². The molecule has 1 heterocycles. The van der Waals surface area contributed by atoms with Gasteiger partial charge in [-0.25, -0.2) is 27.5 Å². The van der Waals surface area contributed by atoms with Crippen LogP contribution in [0.4, 0.5) is 22.0 Å². The Morgan fingerprint density at radius 3 is 2.16 bits per heavy atom. The molecule has 0 spiro atoms. The lowest BCUT2D eigenvalue weighted by molar-refractivity contribution is -0.182. The van der Waals surface area contributed by atoms with Crippen LogP contribution in [0, 0.1) is 34.6 Å². The fraction of sp³-hybridized carbons (Fsp3) is 0.333. The molecule has 0 radical (unpaired) electrons. The van der Waals surface area contributed by atoms with Crippen LogP contribution in [0.1, 0.15) is 5.56 Å². The number of aliphatic hydroxyl groups excluding tert-OH is 3. The van der Waals surface area contributed by atoms with E-state index in [9.17, 15) is 41.5 Å². The van der Waals surface area contributed by atoms with Gasteiger partial charge in [0.05, 0.1) is 39.1 Å². The van der Waals surface area contributed by atoms with Crippen LogP contribution in [0.2, 0.25) is 10.0 Å². The van der Waals surface area contributed by atoms with Crippen molar-refractivity contribution in [2.75, 3.05) is 13.7 Å². The monoisotopic (exact) mass is 589 g/mol. The van der Waals surface area contributed by atoms with Gasteiger partial charge in [-0.2, -0.15) is 5.11 Å². The van der Waals surface area contributed by atoms with Gasteiger partial charge in [0.25, 0.3) is 0 Å². The van der Waals surface area contributed by atoms with E-state index in [1.165, 1.54) is 18.2 Å². The summed E-state index contributed by atoms with van der Waals surface area (Å²) in [5.74, 6) is -11.5. The average molecular weight is 590 g/mol.